The van der Waals surface area contributed by atoms with Crippen molar-refractivity contribution in [3.63, 3.8) is 0 Å². The van der Waals surface area contributed by atoms with E-state index in [4.69, 9.17) is 5.73 Å². The topological polar surface area (TPSA) is 104 Å². The number of rotatable bonds is 9. The minimum Gasteiger partial charge on any atom is -0.383 e. The number of hydrogen-bond donors (Lipinski definition) is 2. The van der Waals surface area contributed by atoms with E-state index >= 15 is 0 Å². The largest absolute Gasteiger partial charge is 0.383 e. The van der Waals surface area contributed by atoms with Gasteiger partial charge in [0.2, 0.25) is 5.91 Å². The molecule has 1 aromatic rings. The van der Waals surface area contributed by atoms with Crippen LogP contribution < -0.4 is 21.9 Å². The minimum absolute atomic E-state index is 0.0677. The van der Waals surface area contributed by atoms with Crippen LogP contribution in [0, 0.1) is 0 Å². The molecular weight excluding hydrogens is 358 g/mol. The first-order chi connectivity index (χ1) is 13.4. The molecule has 0 saturated heterocycles. The number of hydrogen-bond acceptors (Lipinski definition) is 5. The Morgan fingerprint density at radius 3 is 2.39 bits per heavy atom. The van der Waals surface area contributed by atoms with Gasteiger partial charge in [0.25, 0.3) is 5.56 Å². The lowest BCUT2D eigenvalue weighted by Crippen LogP contribution is -2.47. The van der Waals surface area contributed by atoms with Crippen LogP contribution in [-0.2, 0) is 11.3 Å². The van der Waals surface area contributed by atoms with Crippen molar-refractivity contribution in [2.75, 3.05) is 30.3 Å². The predicted molar refractivity (Wildman–Crippen MR) is 113 cm³/mol. The maximum absolute atomic E-state index is 13.1. The maximum atomic E-state index is 13.1. The summed E-state index contributed by atoms with van der Waals surface area (Å²) in [6.45, 7) is 7.66. The van der Waals surface area contributed by atoms with E-state index in [1.807, 2.05) is 13.8 Å². The molecule has 0 atom stereocenters. The van der Waals surface area contributed by atoms with Gasteiger partial charge in [-0.3, -0.25) is 24.0 Å². The van der Waals surface area contributed by atoms with Crippen molar-refractivity contribution in [3.05, 3.63) is 20.8 Å². The number of amides is 1. The Labute approximate surface area is 166 Å². The van der Waals surface area contributed by atoms with Gasteiger partial charge in [0, 0.05) is 19.1 Å². The molecule has 1 amide bonds. The fourth-order valence-corrected chi connectivity index (χ4v) is 4.04. The number of carbonyl (C=O) groups excluding carboxylic acids is 1. The molecule has 158 valence electrons. The Morgan fingerprint density at radius 1 is 1.14 bits per heavy atom. The van der Waals surface area contributed by atoms with E-state index in [0.29, 0.717) is 19.1 Å². The molecule has 0 bridgehead atoms. The molecule has 0 radical (unpaired) electrons. The molecule has 8 heteroatoms. The fraction of sp³-hybridized carbons (Fsp3) is 0.750. The normalized spacial score (nSPS) is 15.1. The van der Waals surface area contributed by atoms with Crippen molar-refractivity contribution >= 4 is 17.4 Å². The van der Waals surface area contributed by atoms with Crippen molar-refractivity contribution in [1.29, 1.82) is 0 Å². The quantitative estimate of drug-likeness (QED) is 0.667. The zero-order chi connectivity index (χ0) is 20.7. The first-order valence-electron chi connectivity index (χ1n) is 10.6. The lowest BCUT2D eigenvalue weighted by molar-refractivity contribution is -0.120. The van der Waals surface area contributed by atoms with Crippen LogP contribution in [0.2, 0.25) is 0 Å². The van der Waals surface area contributed by atoms with Gasteiger partial charge >= 0.3 is 5.69 Å². The molecule has 0 aliphatic heterocycles. The van der Waals surface area contributed by atoms with Gasteiger partial charge in [-0.2, -0.15) is 0 Å². The number of H-pyrrole nitrogens is 1. The average molecular weight is 394 g/mol. The molecule has 1 fully saturated rings. The number of nitrogens with two attached hydrogens (primary N) is 1. The zero-order valence-corrected chi connectivity index (χ0v) is 17.5. The zero-order valence-electron chi connectivity index (χ0n) is 17.5. The lowest BCUT2D eigenvalue weighted by Gasteiger charge is -2.34. The van der Waals surface area contributed by atoms with E-state index in [1.54, 1.807) is 0 Å². The summed E-state index contributed by atoms with van der Waals surface area (Å²) in [6, 6.07) is 0.413. The Bertz CT molecular complexity index is 764. The SMILES string of the molecule is CCCCn1c(N)c(N(CC)C(=O)CN(CC)C2CCCCC2)c(=O)[nH]c1=O. The third-order valence-corrected chi connectivity index (χ3v) is 5.67. The van der Waals surface area contributed by atoms with Gasteiger partial charge in [0.05, 0.1) is 6.54 Å². The van der Waals surface area contributed by atoms with Gasteiger partial charge in [-0.1, -0.05) is 39.5 Å². The second-order valence-electron chi connectivity index (χ2n) is 7.49. The number of unbranched alkanes of at least 4 members (excludes halogenated alkanes) is 1. The minimum atomic E-state index is -0.605. The van der Waals surface area contributed by atoms with Gasteiger partial charge in [-0.05, 0) is 32.7 Å². The third-order valence-electron chi connectivity index (χ3n) is 5.67. The third kappa shape index (κ3) is 5.04. The lowest BCUT2D eigenvalue weighted by atomic mass is 9.94. The highest BCUT2D eigenvalue weighted by atomic mass is 16.2. The molecule has 0 unspecified atom stereocenters. The molecule has 1 aliphatic rings. The average Bonchev–Trinajstić information content (AvgIpc) is 2.69. The van der Waals surface area contributed by atoms with Crippen LogP contribution in [0.4, 0.5) is 11.5 Å². The van der Waals surface area contributed by atoms with E-state index < -0.39 is 11.2 Å². The number of aromatic amines is 1. The van der Waals surface area contributed by atoms with Gasteiger partial charge in [0.15, 0.2) is 5.69 Å². The summed E-state index contributed by atoms with van der Waals surface area (Å²) in [5.74, 6) is -0.0917. The summed E-state index contributed by atoms with van der Waals surface area (Å²) in [5.41, 5.74) is 5.14. The number of nitrogens with one attached hydrogen (secondary N) is 1. The maximum Gasteiger partial charge on any atom is 0.330 e. The molecular formula is C20H35N5O3. The summed E-state index contributed by atoms with van der Waals surface area (Å²) in [6.07, 6.45) is 7.53. The van der Waals surface area contributed by atoms with Gasteiger partial charge in [0.1, 0.15) is 5.82 Å². The first-order valence-corrected chi connectivity index (χ1v) is 10.6. The first kappa shape index (κ1) is 22.2. The fourth-order valence-electron chi connectivity index (χ4n) is 4.04. The molecule has 1 heterocycles. The van der Waals surface area contributed by atoms with Crippen molar-refractivity contribution in [1.82, 2.24) is 14.5 Å². The number of anilines is 2. The van der Waals surface area contributed by atoms with Crippen LogP contribution in [0.1, 0.15) is 65.7 Å². The highest BCUT2D eigenvalue weighted by molar-refractivity contribution is 5.96. The second-order valence-corrected chi connectivity index (χ2v) is 7.49. The van der Waals surface area contributed by atoms with Gasteiger partial charge in [-0.25, -0.2) is 4.79 Å². The van der Waals surface area contributed by atoms with Crippen LogP contribution in [0.5, 0.6) is 0 Å². The van der Waals surface area contributed by atoms with Crippen LogP contribution >= 0.6 is 0 Å². The summed E-state index contributed by atoms with van der Waals surface area (Å²) >= 11 is 0. The van der Waals surface area contributed by atoms with Gasteiger partial charge < -0.3 is 10.6 Å². The number of aromatic nitrogens is 2. The second kappa shape index (κ2) is 10.5. The highest BCUT2D eigenvalue weighted by Gasteiger charge is 2.27. The molecule has 8 nitrogen and oxygen atoms in total. The predicted octanol–water partition coefficient (Wildman–Crippen LogP) is 1.93. The molecule has 1 aliphatic carbocycles. The number of carbonyl (C=O) groups is 1. The summed E-state index contributed by atoms with van der Waals surface area (Å²) in [4.78, 5) is 43.7. The molecule has 3 N–H and O–H groups in total. The Hall–Kier alpha value is -2.09. The molecule has 1 saturated carbocycles. The summed E-state index contributed by atoms with van der Waals surface area (Å²) in [7, 11) is 0. The molecule has 2 rings (SSSR count). The van der Waals surface area contributed by atoms with E-state index in [1.165, 1.54) is 28.7 Å². The van der Waals surface area contributed by atoms with Crippen molar-refractivity contribution in [3.8, 4) is 0 Å². The molecule has 0 aromatic carbocycles. The molecule has 1 aromatic heterocycles. The summed E-state index contributed by atoms with van der Waals surface area (Å²) < 4.78 is 1.36. The standard InChI is InChI=1S/C20H35N5O3/c1-4-7-13-25-18(21)17(19(27)22-20(25)28)24(6-3)16(26)14-23(5-2)15-11-9-8-10-12-15/h15H,4-14,21H2,1-3H3,(H,22,27,28). The van der Waals surface area contributed by atoms with Crippen molar-refractivity contribution in [2.45, 2.75) is 78.3 Å². The monoisotopic (exact) mass is 393 g/mol. The van der Waals surface area contributed by atoms with Crippen LogP contribution in [0.3, 0.4) is 0 Å². The van der Waals surface area contributed by atoms with E-state index in [0.717, 1.165) is 32.2 Å². The van der Waals surface area contributed by atoms with Gasteiger partial charge in [-0.15, -0.1) is 0 Å². The number of nitrogens with zero attached hydrogens (tertiary/aromatic N) is 3. The van der Waals surface area contributed by atoms with E-state index in [2.05, 4.69) is 16.8 Å². The Morgan fingerprint density at radius 2 is 1.82 bits per heavy atom. The van der Waals surface area contributed by atoms with E-state index in [9.17, 15) is 14.4 Å². The van der Waals surface area contributed by atoms with Crippen LogP contribution in [0.15, 0.2) is 9.59 Å². The highest BCUT2D eigenvalue weighted by Crippen LogP contribution is 2.23. The molecule has 28 heavy (non-hydrogen) atoms. The van der Waals surface area contributed by atoms with Crippen molar-refractivity contribution in [2.24, 2.45) is 0 Å². The van der Waals surface area contributed by atoms with Crippen LogP contribution in [-0.4, -0.2) is 46.0 Å². The Kier molecular flexibility index (Phi) is 8.29. The smallest absolute Gasteiger partial charge is 0.330 e. The number of likely N-dealkylation sites (N-methyl/N-ethyl adjacent to an activating group) is 2. The van der Waals surface area contributed by atoms with E-state index in [-0.39, 0.29) is 24.0 Å². The number of nitrogen functional groups attached to an aromatic ring is 1. The van der Waals surface area contributed by atoms with Crippen molar-refractivity contribution < 1.29 is 4.79 Å². The van der Waals surface area contributed by atoms with Crippen LogP contribution in [0.25, 0.3) is 0 Å². The molecule has 0 spiro atoms. The Balaban J connectivity index is 2.29. The summed E-state index contributed by atoms with van der Waals surface area (Å²) in [5, 5.41) is 0.